The number of halogens is 6. The molecule has 1 N–H and O–H groups in total. The monoisotopic (exact) mass is 730 g/mol. The number of hydrogen-bond acceptors (Lipinski definition) is 10. The first-order valence-corrected chi connectivity index (χ1v) is 16.5. The van der Waals surface area contributed by atoms with Gasteiger partial charge in [0.15, 0.2) is 17.3 Å². The molecule has 2 aromatic carbocycles. The molecule has 0 bridgehead atoms. The summed E-state index contributed by atoms with van der Waals surface area (Å²) in [5, 5.41) is 13.7. The summed E-state index contributed by atoms with van der Waals surface area (Å²) in [5.41, 5.74) is -3.11. The molecule has 1 aromatic heterocycles. The van der Waals surface area contributed by atoms with E-state index in [2.05, 4.69) is 25.5 Å². The highest BCUT2D eigenvalue weighted by Crippen LogP contribution is 2.45. The van der Waals surface area contributed by atoms with E-state index >= 15 is 0 Å². The lowest BCUT2D eigenvalue weighted by molar-refractivity contribution is -0.143. The normalized spacial score (nSPS) is 17.0. The van der Waals surface area contributed by atoms with Crippen molar-refractivity contribution in [3.8, 4) is 22.6 Å². The molecule has 18 heteroatoms. The highest BCUT2D eigenvalue weighted by atomic mass is 32.2. The van der Waals surface area contributed by atoms with Crippen molar-refractivity contribution in [2.75, 3.05) is 53.1 Å². The molecule has 2 aliphatic heterocycles. The maximum absolute atomic E-state index is 13.9. The van der Waals surface area contributed by atoms with Gasteiger partial charge in [-0.25, -0.2) is 0 Å². The van der Waals surface area contributed by atoms with Crippen molar-refractivity contribution in [2.24, 2.45) is 0 Å². The van der Waals surface area contributed by atoms with E-state index in [1.54, 1.807) is 0 Å². The van der Waals surface area contributed by atoms with E-state index < -0.39 is 23.5 Å². The molecule has 0 spiro atoms. The Hall–Kier alpha value is -3.74. The van der Waals surface area contributed by atoms with Crippen LogP contribution in [-0.2, 0) is 28.3 Å². The van der Waals surface area contributed by atoms with E-state index in [0.717, 1.165) is 24.6 Å². The molecule has 1 amide bonds. The number of thiocarbonyl (C=S) groups is 1. The van der Waals surface area contributed by atoms with Crippen LogP contribution in [0.3, 0.4) is 0 Å². The van der Waals surface area contributed by atoms with Crippen molar-refractivity contribution in [2.45, 2.75) is 38.0 Å². The summed E-state index contributed by atoms with van der Waals surface area (Å²) in [4.78, 5) is 17.1. The number of amides is 1. The topological polar surface area (TPSA) is 106 Å². The molecule has 0 saturated carbocycles. The molecular formula is C31H32F6N6O4S2. The number of benzene rings is 2. The Morgan fingerprint density at radius 3 is 2.35 bits per heavy atom. The average Bonchev–Trinajstić information content (AvgIpc) is 3.68. The summed E-state index contributed by atoms with van der Waals surface area (Å²) in [7, 11) is 1.31. The van der Waals surface area contributed by atoms with Crippen LogP contribution in [0, 0.1) is 0 Å². The van der Waals surface area contributed by atoms with Gasteiger partial charge in [-0.15, -0.1) is 10.2 Å². The van der Waals surface area contributed by atoms with Crippen LogP contribution in [-0.4, -0.2) is 93.8 Å². The maximum atomic E-state index is 13.9. The van der Waals surface area contributed by atoms with Crippen LogP contribution >= 0.6 is 24.0 Å². The van der Waals surface area contributed by atoms with E-state index in [4.69, 9.17) is 26.4 Å². The van der Waals surface area contributed by atoms with Crippen molar-refractivity contribution in [3.63, 3.8) is 0 Å². The molecule has 49 heavy (non-hydrogen) atoms. The van der Waals surface area contributed by atoms with Gasteiger partial charge in [0, 0.05) is 38.2 Å². The van der Waals surface area contributed by atoms with Gasteiger partial charge in [0.2, 0.25) is 0 Å². The van der Waals surface area contributed by atoms with E-state index in [1.165, 1.54) is 30.2 Å². The Balaban J connectivity index is 1.45. The van der Waals surface area contributed by atoms with Gasteiger partial charge in [0.1, 0.15) is 10.9 Å². The summed E-state index contributed by atoms with van der Waals surface area (Å²) >= 11 is 6.50. The van der Waals surface area contributed by atoms with Gasteiger partial charge in [-0.3, -0.25) is 14.6 Å². The highest BCUT2D eigenvalue weighted by molar-refractivity contribution is 8.26. The lowest BCUT2D eigenvalue weighted by Crippen LogP contribution is -2.38. The minimum Gasteiger partial charge on any atom is -0.493 e. The number of methoxy groups -OCH3 is 1. The largest absolute Gasteiger partial charge is 0.493 e. The number of morpholine rings is 1. The molecule has 0 atom stereocenters. The fourth-order valence-electron chi connectivity index (χ4n) is 5.30. The van der Waals surface area contributed by atoms with Gasteiger partial charge in [-0.2, -0.15) is 31.6 Å². The Morgan fingerprint density at radius 1 is 1.00 bits per heavy atom. The third-order valence-corrected chi connectivity index (χ3v) is 9.17. The fourth-order valence-corrected chi connectivity index (χ4v) is 6.60. The number of aromatic amines is 1. The number of hydrogen-bond donors (Lipinski definition) is 1. The van der Waals surface area contributed by atoms with Crippen molar-refractivity contribution >= 4 is 40.3 Å². The third kappa shape index (κ3) is 9.49. The first-order chi connectivity index (χ1) is 23.3. The number of carbonyl (C=O) groups is 1. The summed E-state index contributed by atoms with van der Waals surface area (Å²) in [6.07, 6.45) is -5.80. The molecule has 3 aromatic rings. The highest BCUT2D eigenvalue weighted by Gasteiger charge is 2.38. The summed E-state index contributed by atoms with van der Waals surface area (Å²) < 4.78 is 100. The molecule has 0 unspecified atom stereocenters. The van der Waals surface area contributed by atoms with Crippen LogP contribution < -0.4 is 9.47 Å². The van der Waals surface area contributed by atoms with Crippen LogP contribution in [0.5, 0.6) is 11.5 Å². The van der Waals surface area contributed by atoms with Crippen LogP contribution in [0.25, 0.3) is 17.2 Å². The number of nitrogens with one attached hydrogen (secondary N) is 1. The zero-order chi connectivity index (χ0) is 35.2. The number of tetrazole rings is 1. The third-order valence-electron chi connectivity index (χ3n) is 7.80. The number of thioether (sulfide) groups is 1. The second-order valence-electron chi connectivity index (χ2n) is 11.2. The van der Waals surface area contributed by atoms with E-state index in [1.807, 2.05) is 0 Å². The average molecular weight is 731 g/mol. The summed E-state index contributed by atoms with van der Waals surface area (Å²) in [6, 6.07) is 4.24. The van der Waals surface area contributed by atoms with Gasteiger partial charge in [0.05, 0.1) is 36.4 Å². The molecule has 264 valence electrons. The Bertz CT molecular complexity index is 1630. The standard InChI is InChI=1S/C31H32F6N6O4S2/c1-45-24-14-19(15-25-28(44)43(29(48)49-25)6-4-2-3-5-26-38-40-41-39-26)13-23(27(24)47-12-9-42-7-10-46-11-8-42)20-16-21(30(32,33)34)18-22(17-20)31(35,36)37/h13-18H,2-12H2,1H3,(H,38,39,40,41)/b25-15-. The number of H-pyrrole nitrogens is 1. The molecule has 0 aliphatic carbocycles. The summed E-state index contributed by atoms with van der Waals surface area (Å²) in [6.45, 7) is 3.22. The number of carbonyl (C=O) groups excluding carboxylic acids is 1. The fraction of sp³-hybridized carbons (Fsp3) is 0.452. The minimum atomic E-state index is -5.06. The van der Waals surface area contributed by atoms with Gasteiger partial charge >= 0.3 is 12.4 Å². The smallest absolute Gasteiger partial charge is 0.416 e. The van der Waals surface area contributed by atoms with E-state index in [9.17, 15) is 31.1 Å². The van der Waals surface area contributed by atoms with E-state index in [-0.39, 0.29) is 46.1 Å². The summed E-state index contributed by atoms with van der Waals surface area (Å²) in [5.74, 6) is 0.261. The molecule has 2 fully saturated rings. The number of rotatable bonds is 13. The Morgan fingerprint density at radius 2 is 1.71 bits per heavy atom. The molecule has 2 aliphatic rings. The lowest BCUT2D eigenvalue weighted by atomic mass is 9.96. The minimum absolute atomic E-state index is 0.0336. The predicted octanol–water partition coefficient (Wildman–Crippen LogP) is 6.24. The zero-order valence-corrected chi connectivity index (χ0v) is 27.8. The number of aromatic nitrogens is 4. The van der Waals surface area contributed by atoms with E-state index in [0.29, 0.717) is 80.1 Å². The SMILES string of the molecule is COc1cc(/C=C2\SC(=S)N(CCCCCc3nn[nH]n3)C2=O)cc(-c2cc(C(F)(F)F)cc(C(F)(F)F)c2)c1OCCN1CCOCC1. The molecule has 5 rings (SSSR count). The Labute approximate surface area is 287 Å². The van der Waals surface area contributed by atoms with Crippen LogP contribution in [0.15, 0.2) is 35.2 Å². The van der Waals surface area contributed by atoms with Crippen molar-refractivity contribution in [1.82, 2.24) is 30.4 Å². The van der Waals surface area contributed by atoms with Gasteiger partial charge in [0.25, 0.3) is 5.91 Å². The number of ether oxygens (including phenoxy) is 3. The van der Waals surface area contributed by atoms with Crippen molar-refractivity contribution in [3.05, 3.63) is 57.8 Å². The molecule has 0 radical (unpaired) electrons. The first-order valence-electron chi connectivity index (χ1n) is 15.3. The second-order valence-corrected chi connectivity index (χ2v) is 12.8. The molecule has 2 saturated heterocycles. The Kier molecular flexibility index (Phi) is 11.8. The van der Waals surface area contributed by atoms with Crippen LogP contribution in [0.1, 0.15) is 41.8 Å². The molecular weight excluding hydrogens is 699 g/mol. The lowest BCUT2D eigenvalue weighted by Gasteiger charge is -2.27. The van der Waals surface area contributed by atoms with Gasteiger partial charge < -0.3 is 14.2 Å². The van der Waals surface area contributed by atoms with Gasteiger partial charge in [-0.05, 0) is 60.4 Å². The van der Waals surface area contributed by atoms with Crippen LogP contribution in [0.2, 0.25) is 0 Å². The predicted molar refractivity (Wildman–Crippen MR) is 173 cm³/mol. The quantitative estimate of drug-likeness (QED) is 0.0941. The number of unbranched alkanes of at least 4 members (excludes halogenated alkanes) is 2. The maximum Gasteiger partial charge on any atom is 0.416 e. The van der Waals surface area contributed by atoms with Gasteiger partial charge in [-0.1, -0.05) is 35.6 Å². The van der Waals surface area contributed by atoms with Crippen molar-refractivity contribution in [1.29, 1.82) is 0 Å². The number of aryl methyl sites for hydroxylation is 1. The zero-order valence-electron chi connectivity index (χ0n) is 26.2. The molecule has 3 heterocycles. The molecule has 10 nitrogen and oxygen atoms in total. The van der Waals surface area contributed by atoms with Crippen LogP contribution in [0.4, 0.5) is 26.3 Å². The second kappa shape index (κ2) is 15.9. The first kappa shape index (κ1) is 36.5. The van der Waals surface area contributed by atoms with Crippen molar-refractivity contribution < 1.29 is 45.3 Å². The number of nitrogens with zero attached hydrogens (tertiary/aromatic N) is 5. The number of alkyl halides is 6.